The second kappa shape index (κ2) is 5.20. The van der Waals surface area contributed by atoms with Crippen LogP contribution in [0.5, 0.6) is 0 Å². The third kappa shape index (κ3) is 2.98. The van der Waals surface area contributed by atoms with Gasteiger partial charge in [0.15, 0.2) is 10.4 Å². The number of H-pyrrole nitrogens is 1. The highest BCUT2D eigenvalue weighted by atomic mass is 32.1. The molecule has 0 saturated carbocycles. The van der Waals surface area contributed by atoms with Crippen molar-refractivity contribution in [3.8, 4) is 10.6 Å². The fourth-order valence-corrected chi connectivity index (χ4v) is 2.12. The number of nitrogens with one attached hydrogen (secondary N) is 2. The van der Waals surface area contributed by atoms with Gasteiger partial charge in [0.25, 0.3) is 0 Å². The van der Waals surface area contributed by atoms with Crippen LogP contribution >= 0.6 is 11.3 Å². The van der Waals surface area contributed by atoms with E-state index in [0.717, 1.165) is 5.01 Å². The Morgan fingerprint density at radius 3 is 3.00 bits per heavy atom. The summed E-state index contributed by atoms with van der Waals surface area (Å²) in [6.07, 6.45) is 3.26. The van der Waals surface area contributed by atoms with Crippen LogP contribution < -0.4 is 10.7 Å². The SMILES string of the molecule is CC(C)NCc1nnc(-c2c[nH]ccc2=O)s1. The Bertz CT molecular complexity index is 546. The van der Waals surface area contributed by atoms with Gasteiger partial charge in [-0.1, -0.05) is 25.2 Å². The van der Waals surface area contributed by atoms with Crippen molar-refractivity contribution >= 4 is 11.3 Å². The van der Waals surface area contributed by atoms with Gasteiger partial charge in [-0.3, -0.25) is 4.79 Å². The Morgan fingerprint density at radius 1 is 1.47 bits per heavy atom. The summed E-state index contributed by atoms with van der Waals surface area (Å²) in [5.41, 5.74) is 0.532. The highest BCUT2D eigenvalue weighted by molar-refractivity contribution is 7.14. The lowest BCUT2D eigenvalue weighted by atomic mass is 10.3. The quantitative estimate of drug-likeness (QED) is 0.860. The number of hydrogen-bond acceptors (Lipinski definition) is 5. The van der Waals surface area contributed by atoms with Crippen molar-refractivity contribution < 1.29 is 0 Å². The molecule has 0 radical (unpaired) electrons. The molecule has 2 rings (SSSR count). The minimum absolute atomic E-state index is 0.0386. The molecular formula is C11H14N4OS. The molecule has 0 unspecified atom stereocenters. The van der Waals surface area contributed by atoms with E-state index in [1.807, 2.05) is 0 Å². The van der Waals surface area contributed by atoms with Gasteiger partial charge in [-0.05, 0) is 0 Å². The summed E-state index contributed by atoms with van der Waals surface area (Å²) < 4.78 is 0. The van der Waals surface area contributed by atoms with E-state index >= 15 is 0 Å². The standard InChI is InChI=1S/C11H14N4OS/c1-7(2)13-6-10-14-15-11(17-10)8-5-12-4-3-9(8)16/h3-5,7,13H,6H2,1-2H3,(H,12,16). The van der Waals surface area contributed by atoms with E-state index in [9.17, 15) is 4.79 Å². The predicted molar refractivity (Wildman–Crippen MR) is 67.9 cm³/mol. The monoisotopic (exact) mass is 250 g/mol. The summed E-state index contributed by atoms with van der Waals surface area (Å²) in [7, 11) is 0. The molecule has 90 valence electrons. The summed E-state index contributed by atoms with van der Waals surface area (Å²) in [5, 5.41) is 12.9. The topological polar surface area (TPSA) is 70.7 Å². The first kappa shape index (κ1) is 11.9. The molecule has 0 aliphatic rings. The van der Waals surface area contributed by atoms with Gasteiger partial charge < -0.3 is 10.3 Å². The number of aromatic nitrogens is 3. The van der Waals surface area contributed by atoms with Crippen LogP contribution in [-0.4, -0.2) is 21.2 Å². The van der Waals surface area contributed by atoms with Gasteiger partial charge in [-0.15, -0.1) is 10.2 Å². The first-order valence-corrected chi connectivity index (χ1v) is 6.21. The van der Waals surface area contributed by atoms with Crippen LogP contribution in [0, 0.1) is 0 Å². The lowest BCUT2D eigenvalue weighted by Crippen LogP contribution is -2.21. The lowest BCUT2D eigenvalue weighted by Gasteiger charge is -2.03. The third-order valence-electron chi connectivity index (χ3n) is 2.18. The fourth-order valence-electron chi connectivity index (χ4n) is 1.31. The van der Waals surface area contributed by atoms with Crippen molar-refractivity contribution in [2.24, 2.45) is 0 Å². The zero-order valence-corrected chi connectivity index (χ0v) is 10.5. The molecule has 0 fully saturated rings. The van der Waals surface area contributed by atoms with E-state index in [-0.39, 0.29) is 5.43 Å². The van der Waals surface area contributed by atoms with Gasteiger partial charge in [0.2, 0.25) is 0 Å². The van der Waals surface area contributed by atoms with Crippen molar-refractivity contribution in [2.75, 3.05) is 0 Å². The van der Waals surface area contributed by atoms with Crippen LogP contribution in [0.4, 0.5) is 0 Å². The van der Waals surface area contributed by atoms with Crippen LogP contribution in [0.3, 0.4) is 0 Å². The lowest BCUT2D eigenvalue weighted by molar-refractivity contribution is 0.585. The molecule has 2 aromatic rings. The van der Waals surface area contributed by atoms with Gasteiger partial charge in [0.1, 0.15) is 5.01 Å². The molecule has 0 aliphatic heterocycles. The van der Waals surface area contributed by atoms with Crippen molar-refractivity contribution in [2.45, 2.75) is 26.4 Å². The molecule has 0 aliphatic carbocycles. The maximum atomic E-state index is 11.6. The Morgan fingerprint density at radius 2 is 2.29 bits per heavy atom. The van der Waals surface area contributed by atoms with Gasteiger partial charge in [-0.25, -0.2) is 0 Å². The number of aromatic amines is 1. The van der Waals surface area contributed by atoms with Crippen LogP contribution in [0.25, 0.3) is 10.6 Å². The van der Waals surface area contributed by atoms with Crippen LogP contribution in [0.15, 0.2) is 23.3 Å². The second-order valence-corrected chi connectivity index (χ2v) is 5.02. The average molecular weight is 250 g/mol. The van der Waals surface area contributed by atoms with Gasteiger partial charge in [0.05, 0.1) is 5.56 Å². The molecule has 0 atom stereocenters. The molecule has 2 heterocycles. The first-order valence-electron chi connectivity index (χ1n) is 5.40. The smallest absolute Gasteiger partial charge is 0.191 e. The Kier molecular flexibility index (Phi) is 3.65. The highest BCUT2D eigenvalue weighted by Crippen LogP contribution is 2.19. The van der Waals surface area contributed by atoms with Crippen LogP contribution in [-0.2, 0) is 6.54 Å². The number of nitrogens with zero attached hydrogens (tertiary/aromatic N) is 2. The molecule has 5 nitrogen and oxygen atoms in total. The van der Waals surface area contributed by atoms with E-state index in [1.54, 1.807) is 12.4 Å². The molecular weight excluding hydrogens is 236 g/mol. The largest absolute Gasteiger partial charge is 0.367 e. The van der Waals surface area contributed by atoms with E-state index in [2.05, 4.69) is 34.3 Å². The fraction of sp³-hybridized carbons (Fsp3) is 0.364. The molecule has 6 heteroatoms. The molecule has 0 saturated heterocycles. The summed E-state index contributed by atoms with van der Waals surface area (Å²) in [4.78, 5) is 14.5. The second-order valence-electron chi connectivity index (χ2n) is 3.96. The first-order chi connectivity index (χ1) is 8.16. The number of hydrogen-bond donors (Lipinski definition) is 2. The van der Waals surface area contributed by atoms with E-state index in [1.165, 1.54) is 17.4 Å². The molecule has 0 spiro atoms. The molecule has 2 N–H and O–H groups in total. The van der Waals surface area contributed by atoms with Crippen LogP contribution in [0.1, 0.15) is 18.9 Å². The van der Waals surface area contributed by atoms with E-state index < -0.39 is 0 Å². The summed E-state index contributed by atoms with van der Waals surface area (Å²) in [6, 6.07) is 1.89. The van der Waals surface area contributed by atoms with Crippen molar-refractivity contribution in [3.63, 3.8) is 0 Å². The average Bonchev–Trinajstić information content (AvgIpc) is 2.75. The summed E-state index contributed by atoms with van der Waals surface area (Å²) >= 11 is 1.44. The zero-order valence-electron chi connectivity index (χ0n) is 9.73. The summed E-state index contributed by atoms with van der Waals surface area (Å²) in [5.74, 6) is 0. The Labute approximate surface area is 103 Å². The van der Waals surface area contributed by atoms with Gasteiger partial charge >= 0.3 is 0 Å². The molecule has 17 heavy (non-hydrogen) atoms. The number of rotatable bonds is 4. The van der Waals surface area contributed by atoms with Crippen molar-refractivity contribution in [1.29, 1.82) is 0 Å². The predicted octanol–water partition coefficient (Wildman–Crippen LogP) is 1.39. The Balaban J connectivity index is 2.19. The minimum Gasteiger partial charge on any atom is -0.367 e. The molecule has 0 bridgehead atoms. The third-order valence-corrected chi connectivity index (χ3v) is 3.14. The van der Waals surface area contributed by atoms with E-state index in [0.29, 0.717) is 23.2 Å². The van der Waals surface area contributed by atoms with Crippen LogP contribution in [0.2, 0.25) is 0 Å². The van der Waals surface area contributed by atoms with Crippen molar-refractivity contribution in [3.05, 3.63) is 33.7 Å². The minimum atomic E-state index is -0.0386. The molecule has 2 aromatic heterocycles. The molecule has 0 amide bonds. The number of pyridine rings is 1. The van der Waals surface area contributed by atoms with E-state index in [4.69, 9.17) is 0 Å². The maximum Gasteiger partial charge on any atom is 0.191 e. The normalized spacial score (nSPS) is 11.0. The highest BCUT2D eigenvalue weighted by Gasteiger charge is 2.09. The van der Waals surface area contributed by atoms with Gasteiger partial charge in [-0.2, -0.15) is 0 Å². The summed E-state index contributed by atoms with van der Waals surface area (Å²) in [6.45, 7) is 4.83. The maximum absolute atomic E-state index is 11.6. The zero-order chi connectivity index (χ0) is 12.3. The molecule has 0 aromatic carbocycles. The Hall–Kier alpha value is -1.53. The van der Waals surface area contributed by atoms with Gasteiger partial charge in [0, 0.05) is 31.0 Å². The van der Waals surface area contributed by atoms with Crippen molar-refractivity contribution in [1.82, 2.24) is 20.5 Å².